The zero-order chi connectivity index (χ0) is 20.3. The molecule has 28 heavy (non-hydrogen) atoms. The molecule has 0 unspecified atom stereocenters. The van der Waals surface area contributed by atoms with E-state index in [0.29, 0.717) is 11.8 Å². The molecule has 0 saturated carbocycles. The van der Waals surface area contributed by atoms with Crippen LogP contribution in [0.5, 0.6) is 5.75 Å². The van der Waals surface area contributed by atoms with Crippen LogP contribution in [-0.4, -0.2) is 44.5 Å². The second-order valence-corrected chi connectivity index (χ2v) is 9.20. The van der Waals surface area contributed by atoms with E-state index in [0.717, 1.165) is 25.9 Å². The van der Waals surface area contributed by atoms with E-state index < -0.39 is 15.7 Å². The van der Waals surface area contributed by atoms with E-state index in [9.17, 15) is 13.2 Å². The molecule has 0 bridgehead atoms. The molecule has 0 atom stereocenters. The number of amides is 1. The van der Waals surface area contributed by atoms with Gasteiger partial charge in [-0.2, -0.15) is 0 Å². The number of rotatable bonds is 6. The molecule has 1 aliphatic rings. The highest BCUT2D eigenvalue weighted by molar-refractivity contribution is 7.91. The number of hydrogen-bond acceptors (Lipinski definition) is 5. The lowest BCUT2D eigenvalue weighted by Gasteiger charge is -2.34. The van der Waals surface area contributed by atoms with Gasteiger partial charge in [-0.15, -0.1) is 0 Å². The summed E-state index contributed by atoms with van der Waals surface area (Å²) in [5, 5.41) is 0. The third-order valence-corrected chi connectivity index (χ3v) is 6.91. The molecule has 1 fully saturated rings. The molecular formula is C21H26N2O4S. The smallest absolute Gasteiger partial charge is 0.250 e. The maximum atomic E-state index is 12.9. The normalized spacial score (nSPS) is 16.2. The van der Waals surface area contributed by atoms with Crippen molar-refractivity contribution >= 4 is 15.7 Å². The maximum absolute atomic E-state index is 12.9. The van der Waals surface area contributed by atoms with E-state index in [1.54, 1.807) is 24.3 Å². The molecule has 2 N–H and O–H groups in total. The average Bonchev–Trinajstić information content (AvgIpc) is 2.69. The molecule has 0 radical (unpaired) electrons. The van der Waals surface area contributed by atoms with E-state index >= 15 is 0 Å². The van der Waals surface area contributed by atoms with Gasteiger partial charge in [-0.3, -0.25) is 4.79 Å². The Bertz CT molecular complexity index is 931. The van der Waals surface area contributed by atoms with E-state index in [1.807, 2.05) is 0 Å². The van der Waals surface area contributed by atoms with Crippen LogP contribution in [0.2, 0.25) is 0 Å². The van der Waals surface area contributed by atoms with Gasteiger partial charge in [0, 0.05) is 19.1 Å². The molecule has 7 heteroatoms. The predicted molar refractivity (Wildman–Crippen MR) is 107 cm³/mol. The second-order valence-electron chi connectivity index (χ2n) is 7.28. The summed E-state index contributed by atoms with van der Waals surface area (Å²) in [6.07, 6.45) is 2.03. The maximum Gasteiger partial charge on any atom is 0.250 e. The zero-order valence-electron chi connectivity index (χ0n) is 16.2. The summed E-state index contributed by atoms with van der Waals surface area (Å²) in [7, 11) is -3.84. The van der Waals surface area contributed by atoms with Gasteiger partial charge in [0.05, 0.1) is 15.4 Å². The van der Waals surface area contributed by atoms with Crippen molar-refractivity contribution in [2.75, 3.05) is 13.1 Å². The van der Waals surface area contributed by atoms with Crippen LogP contribution in [-0.2, 0) is 9.84 Å². The molecule has 6 nitrogen and oxygen atoms in total. The largest absolute Gasteiger partial charge is 0.490 e. The van der Waals surface area contributed by atoms with Crippen LogP contribution in [0.1, 0.15) is 37.0 Å². The Morgan fingerprint density at radius 1 is 1.07 bits per heavy atom. The third-order valence-electron chi connectivity index (χ3n) is 5.09. The van der Waals surface area contributed by atoms with E-state index in [2.05, 4.69) is 18.7 Å². The molecule has 2 aromatic carbocycles. The minimum Gasteiger partial charge on any atom is -0.490 e. The number of carbonyl (C=O) groups excluding carboxylic acids is 1. The van der Waals surface area contributed by atoms with Crippen LogP contribution in [0.4, 0.5) is 0 Å². The number of nitrogens with two attached hydrogens (primary N) is 1. The fourth-order valence-corrected chi connectivity index (χ4v) is 4.90. The van der Waals surface area contributed by atoms with Crippen LogP contribution in [0, 0.1) is 0 Å². The Morgan fingerprint density at radius 3 is 2.25 bits per heavy atom. The third kappa shape index (κ3) is 4.36. The number of piperidine rings is 1. The highest BCUT2D eigenvalue weighted by Crippen LogP contribution is 2.27. The van der Waals surface area contributed by atoms with Gasteiger partial charge in [0.25, 0.3) is 0 Å². The lowest BCUT2D eigenvalue weighted by Crippen LogP contribution is -2.41. The first kappa shape index (κ1) is 20.4. The fraction of sp³-hybridized carbons (Fsp3) is 0.381. The van der Waals surface area contributed by atoms with Gasteiger partial charge >= 0.3 is 0 Å². The van der Waals surface area contributed by atoms with E-state index in [4.69, 9.17) is 10.5 Å². The van der Waals surface area contributed by atoms with Crippen LogP contribution < -0.4 is 10.5 Å². The van der Waals surface area contributed by atoms with Crippen molar-refractivity contribution in [2.45, 2.75) is 48.6 Å². The van der Waals surface area contributed by atoms with E-state index in [-0.39, 0.29) is 21.5 Å². The van der Waals surface area contributed by atoms with Crippen molar-refractivity contribution in [3.63, 3.8) is 0 Å². The number of likely N-dealkylation sites (tertiary alicyclic amines) is 1. The minimum absolute atomic E-state index is 0.0141. The van der Waals surface area contributed by atoms with Gasteiger partial charge in [0.15, 0.2) is 0 Å². The quantitative estimate of drug-likeness (QED) is 0.802. The number of carbonyl (C=O) groups is 1. The Hall–Kier alpha value is -2.38. The molecule has 1 aliphatic heterocycles. The summed E-state index contributed by atoms with van der Waals surface area (Å²) in [6.45, 7) is 6.38. The minimum atomic E-state index is -3.84. The SMILES string of the molecule is CC(C)N1CCC(Oc2ccc(S(=O)(=O)c3ccccc3C(N)=O)cc2)CC1. The molecule has 1 heterocycles. The van der Waals surface area contributed by atoms with Crippen molar-refractivity contribution in [1.29, 1.82) is 0 Å². The van der Waals surface area contributed by atoms with E-state index in [1.165, 1.54) is 24.3 Å². The van der Waals surface area contributed by atoms with Crippen LogP contribution in [0.3, 0.4) is 0 Å². The van der Waals surface area contributed by atoms with Gasteiger partial charge in [-0.05, 0) is 63.1 Å². The molecule has 0 aromatic heterocycles. The molecule has 0 aliphatic carbocycles. The average molecular weight is 403 g/mol. The molecule has 1 saturated heterocycles. The summed E-state index contributed by atoms with van der Waals surface area (Å²) in [5.41, 5.74) is 5.30. The lowest BCUT2D eigenvalue weighted by atomic mass is 10.1. The Balaban J connectivity index is 1.73. The molecular weight excluding hydrogens is 376 g/mol. The molecule has 3 rings (SSSR count). The zero-order valence-corrected chi connectivity index (χ0v) is 17.0. The summed E-state index contributed by atoms with van der Waals surface area (Å²) >= 11 is 0. The molecule has 0 spiro atoms. The number of primary amides is 1. The van der Waals surface area contributed by atoms with Crippen molar-refractivity contribution < 1.29 is 17.9 Å². The highest BCUT2D eigenvalue weighted by atomic mass is 32.2. The standard InChI is InChI=1S/C21H26N2O4S/c1-15(2)23-13-11-17(12-14-23)27-16-7-9-18(10-8-16)28(25,26)20-6-4-3-5-19(20)21(22)24/h3-10,15,17H,11-14H2,1-2H3,(H2,22,24). The number of sulfone groups is 1. The van der Waals surface area contributed by atoms with Gasteiger partial charge in [0.1, 0.15) is 11.9 Å². The highest BCUT2D eigenvalue weighted by Gasteiger charge is 2.24. The lowest BCUT2D eigenvalue weighted by molar-refractivity contribution is 0.0843. The summed E-state index contributed by atoms with van der Waals surface area (Å²) in [6, 6.07) is 12.8. The Labute approximate surface area is 166 Å². The number of ether oxygens (including phenoxy) is 1. The topological polar surface area (TPSA) is 89.7 Å². The van der Waals surface area contributed by atoms with Gasteiger partial charge in [-0.1, -0.05) is 12.1 Å². The van der Waals surface area contributed by atoms with Gasteiger partial charge in [0.2, 0.25) is 15.7 Å². The first-order valence-corrected chi connectivity index (χ1v) is 10.9. The molecule has 2 aromatic rings. The van der Waals surface area contributed by atoms with Crippen molar-refractivity contribution in [1.82, 2.24) is 4.90 Å². The summed E-state index contributed by atoms with van der Waals surface area (Å²) in [4.78, 5) is 14.0. The Kier molecular flexibility index (Phi) is 6.05. The van der Waals surface area contributed by atoms with Crippen molar-refractivity contribution in [3.05, 3.63) is 54.1 Å². The fourth-order valence-electron chi connectivity index (χ4n) is 3.43. The predicted octanol–water partition coefficient (Wildman–Crippen LogP) is 2.87. The summed E-state index contributed by atoms with van der Waals surface area (Å²) < 4.78 is 31.8. The number of hydrogen-bond donors (Lipinski definition) is 1. The first-order chi connectivity index (χ1) is 13.3. The number of benzene rings is 2. The monoisotopic (exact) mass is 402 g/mol. The van der Waals surface area contributed by atoms with Gasteiger partial charge < -0.3 is 15.4 Å². The van der Waals surface area contributed by atoms with Crippen LogP contribution in [0.15, 0.2) is 58.3 Å². The van der Waals surface area contributed by atoms with Crippen LogP contribution >= 0.6 is 0 Å². The van der Waals surface area contributed by atoms with Crippen molar-refractivity contribution in [3.8, 4) is 5.75 Å². The van der Waals surface area contributed by atoms with Crippen molar-refractivity contribution in [2.24, 2.45) is 5.73 Å². The second kappa shape index (κ2) is 8.32. The molecule has 150 valence electrons. The van der Waals surface area contributed by atoms with Crippen LogP contribution in [0.25, 0.3) is 0 Å². The first-order valence-electron chi connectivity index (χ1n) is 9.43. The summed E-state index contributed by atoms with van der Waals surface area (Å²) in [5.74, 6) is -0.128. The number of nitrogens with zero attached hydrogens (tertiary/aromatic N) is 1. The molecule has 1 amide bonds. The van der Waals surface area contributed by atoms with Gasteiger partial charge in [-0.25, -0.2) is 8.42 Å². The Morgan fingerprint density at radius 2 is 1.68 bits per heavy atom.